The smallest absolute Gasteiger partial charge is 0.230 e. The molecule has 2 heterocycles. The maximum atomic E-state index is 13.2. The summed E-state index contributed by atoms with van der Waals surface area (Å²) >= 11 is 1.47. The summed E-state index contributed by atoms with van der Waals surface area (Å²) in [5, 5.41) is 8.19. The van der Waals surface area contributed by atoms with Crippen molar-refractivity contribution in [2.45, 2.75) is 6.42 Å². The zero-order valence-electron chi connectivity index (χ0n) is 17.0. The number of amides is 1. The standard InChI is InChI=1S/C25H19FN4OS/c26-18-8-6-17(7-9-18)23-15-30-22(16-32-25(30)29-23)14-24(31)28-21-12-10-20(11-13-21)27-19-4-2-1-3-5-19/h1-13,15-16,27H,14H2,(H,28,31). The number of nitrogens with zero attached hydrogens (tertiary/aromatic N) is 2. The lowest BCUT2D eigenvalue weighted by molar-refractivity contribution is -0.115. The lowest BCUT2D eigenvalue weighted by atomic mass is 10.2. The molecule has 158 valence electrons. The fourth-order valence-electron chi connectivity index (χ4n) is 3.41. The molecule has 0 spiro atoms. The van der Waals surface area contributed by atoms with Gasteiger partial charge < -0.3 is 10.6 Å². The second-order valence-corrected chi connectivity index (χ2v) is 8.14. The molecule has 0 saturated heterocycles. The second kappa shape index (κ2) is 8.64. The highest BCUT2D eigenvalue weighted by Crippen LogP contribution is 2.25. The van der Waals surface area contributed by atoms with E-state index < -0.39 is 0 Å². The van der Waals surface area contributed by atoms with Crippen LogP contribution in [0.25, 0.3) is 16.2 Å². The number of hydrogen-bond donors (Lipinski definition) is 2. The molecule has 32 heavy (non-hydrogen) atoms. The van der Waals surface area contributed by atoms with E-state index in [1.165, 1.54) is 23.5 Å². The number of fused-ring (bicyclic) bond motifs is 1. The molecule has 1 amide bonds. The average Bonchev–Trinajstić information content (AvgIpc) is 3.38. The molecule has 0 aliphatic heterocycles. The van der Waals surface area contributed by atoms with E-state index in [1.807, 2.05) is 70.6 Å². The SMILES string of the molecule is O=C(Cc1csc2nc(-c3ccc(F)cc3)cn12)Nc1ccc(Nc2ccccc2)cc1. The molecule has 3 aromatic carbocycles. The van der Waals surface area contributed by atoms with Crippen LogP contribution in [0.2, 0.25) is 0 Å². The van der Waals surface area contributed by atoms with Crippen LogP contribution in [0.5, 0.6) is 0 Å². The van der Waals surface area contributed by atoms with Gasteiger partial charge in [0, 0.05) is 39.9 Å². The number of nitrogens with one attached hydrogen (secondary N) is 2. The minimum atomic E-state index is -0.281. The van der Waals surface area contributed by atoms with Crippen LogP contribution in [0.4, 0.5) is 21.5 Å². The Morgan fingerprint density at radius 3 is 2.34 bits per heavy atom. The summed E-state index contributed by atoms with van der Waals surface area (Å²) < 4.78 is 15.1. The first-order valence-corrected chi connectivity index (χ1v) is 11.0. The van der Waals surface area contributed by atoms with Gasteiger partial charge in [-0.25, -0.2) is 9.37 Å². The molecule has 0 unspecified atom stereocenters. The van der Waals surface area contributed by atoms with E-state index in [-0.39, 0.29) is 18.1 Å². The summed E-state index contributed by atoms with van der Waals surface area (Å²) in [7, 11) is 0. The molecular weight excluding hydrogens is 423 g/mol. The van der Waals surface area contributed by atoms with E-state index in [9.17, 15) is 9.18 Å². The summed E-state index contributed by atoms with van der Waals surface area (Å²) in [6.07, 6.45) is 2.11. The van der Waals surface area contributed by atoms with Crippen molar-refractivity contribution in [2.24, 2.45) is 0 Å². The Morgan fingerprint density at radius 1 is 0.906 bits per heavy atom. The molecule has 0 bridgehead atoms. The average molecular weight is 443 g/mol. The number of benzene rings is 3. The van der Waals surface area contributed by atoms with E-state index in [0.717, 1.165) is 39.0 Å². The van der Waals surface area contributed by atoms with E-state index in [4.69, 9.17) is 0 Å². The number of hydrogen-bond acceptors (Lipinski definition) is 4. The van der Waals surface area contributed by atoms with Crippen LogP contribution in [0.3, 0.4) is 0 Å². The number of carbonyl (C=O) groups is 1. The van der Waals surface area contributed by atoms with Crippen molar-refractivity contribution < 1.29 is 9.18 Å². The van der Waals surface area contributed by atoms with Crippen LogP contribution in [-0.2, 0) is 11.2 Å². The van der Waals surface area contributed by atoms with Crippen molar-refractivity contribution in [1.82, 2.24) is 9.38 Å². The third-order valence-electron chi connectivity index (χ3n) is 5.00. The highest BCUT2D eigenvalue weighted by Gasteiger charge is 2.13. The summed E-state index contributed by atoms with van der Waals surface area (Å²) in [5.41, 5.74) is 5.12. The summed E-state index contributed by atoms with van der Waals surface area (Å²) in [4.78, 5) is 18.0. The Balaban J connectivity index is 1.25. The number of carbonyl (C=O) groups excluding carboxylic acids is 1. The monoisotopic (exact) mass is 442 g/mol. The number of rotatable bonds is 6. The highest BCUT2D eigenvalue weighted by atomic mass is 32.1. The van der Waals surface area contributed by atoms with Crippen LogP contribution < -0.4 is 10.6 Å². The predicted octanol–water partition coefficient (Wildman–Crippen LogP) is 6.13. The normalized spacial score (nSPS) is 10.9. The topological polar surface area (TPSA) is 58.4 Å². The van der Waals surface area contributed by atoms with Crippen LogP contribution in [0, 0.1) is 5.82 Å². The van der Waals surface area contributed by atoms with Crippen molar-refractivity contribution in [1.29, 1.82) is 0 Å². The van der Waals surface area contributed by atoms with Gasteiger partial charge in [0.05, 0.1) is 12.1 Å². The van der Waals surface area contributed by atoms with Crippen molar-refractivity contribution >= 4 is 39.3 Å². The second-order valence-electron chi connectivity index (χ2n) is 7.31. The Labute approximate surface area is 188 Å². The third kappa shape index (κ3) is 4.38. The van der Waals surface area contributed by atoms with Crippen molar-refractivity contribution in [2.75, 3.05) is 10.6 Å². The number of aromatic nitrogens is 2. The summed E-state index contributed by atoms with van der Waals surface area (Å²) in [6, 6.07) is 23.7. The Bertz CT molecular complexity index is 1360. The molecule has 7 heteroatoms. The Morgan fingerprint density at radius 2 is 1.59 bits per heavy atom. The maximum Gasteiger partial charge on any atom is 0.230 e. The first kappa shape index (κ1) is 20.0. The molecule has 0 aliphatic rings. The van der Waals surface area contributed by atoms with Crippen molar-refractivity contribution in [3.05, 3.63) is 102 Å². The summed E-state index contributed by atoms with van der Waals surface area (Å²) in [6.45, 7) is 0. The van der Waals surface area contributed by atoms with Crippen LogP contribution in [0.1, 0.15) is 5.69 Å². The summed E-state index contributed by atoms with van der Waals surface area (Å²) in [5.74, 6) is -0.387. The van der Waals surface area contributed by atoms with Gasteiger partial charge in [-0.3, -0.25) is 9.20 Å². The number of anilines is 3. The molecule has 2 N–H and O–H groups in total. The molecule has 5 rings (SSSR count). The van der Waals surface area contributed by atoms with Gasteiger partial charge in [0.1, 0.15) is 5.82 Å². The van der Waals surface area contributed by atoms with E-state index in [1.54, 1.807) is 12.1 Å². The van der Waals surface area contributed by atoms with Crippen molar-refractivity contribution in [3.63, 3.8) is 0 Å². The first-order chi connectivity index (χ1) is 15.6. The molecular formula is C25H19FN4OS. The fraction of sp³-hybridized carbons (Fsp3) is 0.0400. The van der Waals surface area contributed by atoms with Gasteiger partial charge in [0.25, 0.3) is 0 Å². The molecule has 5 nitrogen and oxygen atoms in total. The molecule has 0 saturated carbocycles. The lowest BCUT2D eigenvalue weighted by Gasteiger charge is -2.08. The van der Waals surface area contributed by atoms with E-state index >= 15 is 0 Å². The van der Waals surface area contributed by atoms with Gasteiger partial charge in [-0.2, -0.15) is 0 Å². The van der Waals surface area contributed by atoms with Gasteiger partial charge >= 0.3 is 0 Å². The fourth-order valence-corrected chi connectivity index (χ4v) is 4.28. The van der Waals surface area contributed by atoms with E-state index in [2.05, 4.69) is 15.6 Å². The Kier molecular flexibility index (Phi) is 5.39. The Hall–Kier alpha value is -3.97. The van der Waals surface area contributed by atoms with Crippen molar-refractivity contribution in [3.8, 4) is 11.3 Å². The molecule has 0 fully saturated rings. The predicted molar refractivity (Wildman–Crippen MR) is 127 cm³/mol. The molecule has 5 aromatic rings. The van der Waals surface area contributed by atoms with Gasteiger partial charge in [-0.1, -0.05) is 18.2 Å². The van der Waals surface area contributed by atoms with Crippen LogP contribution in [0.15, 0.2) is 90.4 Å². The number of para-hydroxylation sites is 1. The molecule has 0 atom stereocenters. The minimum absolute atomic E-state index is 0.106. The molecule has 0 radical (unpaired) electrons. The molecule has 2 aromatic heterocycles. The zero-order chi connectivity index (χ0) is 21.9. The molecule has 0 aliphatic carbocycles. The van der Waals surface area contributed by atoms with Crippen LogP contribution >= 0.6 is 11.3 Å². The van der Waals surface area contributed by atoms with Crippen LogP contribution in [-0.4, -0.2) is 15.3 Å². The zero-order valence-corrected chi connectivity index (χ0v) is 17.8. The first-order valence-electron chi connectivity index (χ1n) is 10.1. The lowest BCUT2D eigenvalue weighted by Crippen LogP contribution is -2.15. The number of halogens is 1. The number of imidazole rings is 1. The quantitative estimate of drug-likeness (QED) is 0.333. The van der Waals surface area contributed by atoms with Gasteiger partial charge in [-0.15, -0.1) is 11.3 Å². The van der Waals surface area contributed by atoms with Gasteiger partial charge in [0.15, 0.2) is 4.96 Å². The minimum Gasteiger partial charge on any atom is -0.356 e. The van der Waals surface area contributed by atoms with E-state index in [0.29, 0.717) is 0 Å². The van der Waals surface area contributed by atoms with Gasteiger partial charge in [0.2, 0.25) is 5.91 Å². The largest absolute Gasteiger partial charge is 0.356 e. The maximum absolute atomic E-state index is 13.2. The third-order valence-corrected chi connectivity index (χ3v) is 5.88. The van der Waals surface area contributed by atoms with Gasteiger partial charge in [-0.05, 0) is 60.7 Å². The number of thiazole rings is 1. The highest BCUT2D eigenvalue weighted by molar-refractivity contribution is 7.15.